The average molecular weight is 429 g/mol. The fourth-order valence-electron chi connectivity index (χ4n) is 2.34. The largest absolute Gasteiger partial charge is 0.350 e. The number of hydrogen-bond acceptors (Lipinski definition) is 3. The fourth-order valence-corrected chi connectivity index (χ4v) is 4.36. The molecule has 2 rings (SSSR count). The number of carbonyl (C=O) groups excluding carboxylic acids is 1. The van der Waals surface area contributed by atoms with Gasteiger partial charge in [-0.05, 0) is 50.6 Å². The van der Waals surface area contributed by atoms with Crippen LogP contribution in [0, 0.1) is 0 Å². The molecule has 0 bridgehead atoms. The molecule has 2 aromatic rings. The van der Waals surface area contributed by atoms with Crippen molar-refractivity contribution in [3.63, 3.8) is 0 Å². The summed E-state index contributed by atoms with van der Waals surface area (Å²) in [5.74, 6) is -0.424. The van der Waals surface area contributed by atoms with E-state index in [4.69, 9.17) is 23.2 Å². The van der Waals surface area contributed by atoms with Gasteiger partial charge < -0.3 is 5.32 Å². The number of anilines is 1. The normalized spacial score (nSPS) is 11.9. The molecule has 146 valence electrons. The fraction of sp³-hybridized carbons (Fsp3) is 0.316. The SMILES string of the molecule is CCC(C)(C)NC(=O)CN(c1ccc(Cl)cc1Cl)S(=O)(=O)c1ccccc1. The first-order valence-corrected chi connectivity index (χ1v) is 10.6. The molecule has 0 heterocycles. The van der Waals surface area contributed by atoms with Crippen molar-refractivity contribution in [1.29, 1.82) is 0 Å². The first-order valence-electron chi connectivity index (χ1n) is 8.40. The molecule has 1 N–H and O–H groups in total. The van der Waals surface area contributed by atoms with Crippen molar-refractivity contribution in [1.82, 2.24) is 5.32 Å². The molecule has 0 saturated heterocycles. The molecule has 0 unspecified atom stereocenters. The van der Waals surface area contributed by atoms with Crippen molar-refractivity contribution in [2.45, 2.75) is 37.6 Å². The first kappa shape index (κ1) is 21.5. The Kier molecular flexibility index (Phi) is 6.78. The van der Waals surface area contributed by atoms with E-state index < -0.39 is 28.0 Å². The van der Waals surface area contributed by atoms with E-state index in [1.54, 1.807) is 18.2 Å². The van der Waals surface area contributed by atoms with Gasteiger partial charge in [-0.15, -0.1) is 0 Å². The van der Waals surface area contributed by atoms with Crippen LogP contribution in [0.4, 0.5) is 5.69 Å². The molecule has 0 aliphatic rings. The molecule has 5 nitrogen and oxygen atoms in total. The van der Waals surface area contributed by atoms with E-state index in [9.17, 15) is 13.2 Å². The number of halogens is 2. The van der Waals surface area contributed by atoms with E-state index in [0.717, 1.165) is 4.31 Å². The van der Waals surface area contributed by atoms with E-state index in [1.807, 2.05) is 20.8 Å². The third-order valence-corrected chi connectivity index (χ3v) is 6.47. The molecular formula is C19H22Cl2N2O3S. The number of sulfonamides is 1. The van der Waals surface area contributed by atoms with Gasteiger partial charge in [-0.3, -0.25) is 9.10 Å². The molecule has 0 spiro atoms. The lowest BCUT2D eigenvalue weighted by molar-refractivity contribution is -0.121. The summed E-state index contributed by atoms with van der Waals surface area (Å²) in [7, 11) is -4.00. The van der Waals surface area contributed by atoms with E-state index in [-0.39, 0.29) is 15.6 Å². The third kappa shape index (κ3) is 5.37. The molecule has 0 saturated carbocycles. The zero-order chi connectivity index (χ0) is 20.2. The van der Waals surface area contributed by atoms with Crippen molar-refractivity contribution in [2.24, 2.45) is 0 Å². The number of nitrogens with zero attached hydrogens (tertiary/aromatic N) is 1. The summed E-state index contributed by atoms with van der Waals surface area (Å²) in [6.07, 6.45) is 0.700. The summed E-state index contributed by atoms with van der Waals surface area (Å²) in [4.78, 5) is 12.6. The van der Waals surface area contributed by atoms with Gasteiger partial charge >= 0.3 is 0 Å². The van der Waals surface area contributed by atoms with Crippen LogP contribution in [0.2, 0.25) is 10.0 Å². The Morgan fingerprint density at radius 2 is 1.74 bits per heavy atom. The third-order valence-electron chi connectivity index (χ3n) is 4.16. The molecule has 0 aromatic heterocycles. The summed E-state index contributed by atoms with van der Waals surface area (Å²) in [5, 5.41) is 3.36. The Hall–Kier alpha value is -1.76. The number of rotatable bonds is 7. The molecule has 2 aromatic carbocycles. The molecule has 8 heteroatoms. The van der Waals surface area contributed by atoms with Gasteiger partial charge in [-0.25, -0.2) is 8.42 Å². The van der Waals surface area contributed by atoms with Crippen molar-refractivity contribution in [3.8, 4) is 0 Å². The highest BCUT2D eigenvalue weighted by Crippen LogP contribution is 2.32. The van der Waals surface area contributed by atoms with Gasteiger partial charge in [0.1, 0.15) is 6.54 Å². The Morgan fingerprint density at radius 3 is 2.30 bits per heavy atom. The second kappa shape index (κ2) is 8.50. The van der Waals surface area contributed by atoms with Gasteiger partial charge in [0, 0.05) is 10.6 Å². The van der Waals surface area contributed by atoms with Crippen molar-refractivity contribution >= 4 is 44.8 Å². The number of carbonyl (C=O) groups is 1. The van der Waals surface area contributed by atoms with E-state index >= 15 is 0 Å². The molecular weight excluding hydrogens is 407 g/mol. The molecule has 0 fully saturated rings. The van der Waals surface area contributed by atoms with Crippen molar-refractivity contribution in [3.05, 3.63) is 58.6 Å². The Labute approximate surface area is 170 Å². The molecule has 1 amide bonds. The van der Waals surface area contributed by atoms with Crippen LogP contribution in [0.3, 0.4) is 0 Å². The topological polar surface area (TPSA) is 66.5 Å². The predicted octanol–water partition coefficient (Wildman–Crippen LogP) is 4.49. The van der Waals surface area contributed by atoms with Crippen LogP contribution in [-0.4, -0.2) is 26.4 Å². The number of benzene rings is 2. The maximum atomic E-state index is 13.2. The zero-order valence-corrected chi connectivity index (χ0v) is 17.7. The van der Waals surface area contributed by atoms with Crippen molar-refractivity contribution in [2.75, 3.05) is 10.8 Å². The highest BCUT2D eigenvalue weighted by Gasteiger charge is 2.30. The quantitative estimate of drug-likeness (QED) is 0.705. The standard InChI is InChI=1S/C19H22Cl2N2O3S/c1-4-19(2,3)22-18(24)13-23(17-11-10-14(20)12-16(17)21)27(25,26)15-8-6-5-7-9-15/h5-12H,4,13H2,1-3H3,(H,22,24). The minimum absolute atomic E-state index is 0.0681. The lowest BCUT2D eigenvalue weighted by Crippen LogP contribution is -2.48. The Bertz CT molecular complexity index is 916. The molecule has 0 radical (unpaired) electrons. The maximum absolute atomic E-state index is 13.2. The van der Waals surface area contributed by atoms with Gasteiger partial charge in [-0.1, -0.05) is 48.3 Å². The van der Waals surface area contributed by atoms with Gasteiger partial charge in [0.15, 0.2) is 0 Å². The number of hydrogen-bond donors (Lipinski definition) is 1. The Morgan fingerprint density at radius 1 is 1.11 bits per heavy atom. The minimum atomic E-state index is -4.00. The second-order valence-corrected chi connectivity index (χ2v) is 9.41. The predicted molar refractivity (Wildman–Crippen MR) is 110 cm³/mol. The number of nitrogens with one attached hydrogen (secondary N) is 1. The second-order valence-electron chi connectivity index (χ2n) is 6.71. The lowest BCUT2D eigenvalue weighted by atomic mass is 10.0. The monoisotopic (exact) mass is 428 g/mol. The maximum Gasteiger partial charge on any atom is 0.264 e. The van der Waals surface area contributed by atoms with Crippen LogP contribution in [0.5, 0.6) is 0 Å². The molecule has 0 aliphatic carbocycles. The van der Waals surface area contributed by atoms with Crippen LogP contribution in [-0.2, 0) is 14.8 Å². The smallest absolute Gasteiger partial charge is 0.264 e. The van der Waals surface area contributed by atoms with E-state index in [2.05, 4.69) is 5.32 Å². The zero-order valence-electron chi connectivity index (χ0n) is 15.4. The molecule has 0 atom stereocenters. The van der Waals surface area contributed by atoms with Crippen LogP contribution in [0.1, 0.15) is 27.2 Å². The van der Waals surface area contributed by atoms with E-state index in [1.165, 1.54) is 30.3 Å². The minimum Gasteiger partial charge on any atom is -0.350 e. The van der Waals surface area contributed by atoms with Gasteiger partial charge in [0.2, 0.25) is 5.91 Å². The highest BCUT2D eigenvalue weighted by molar-refractivity contribution is 7.92. The highest BCUT2D eigenvalue weighted by atomic mass is 35.5. The van der Waals surface area contributed by atoms with Gasteiger partial charge in [0.25, 0.3) is 10.0 Å². The summed E-state index contributed by atoms with van der Waals surface area (Å²) < 4.78 is 27.4. The summed E-state index contributed by atoms with van der Waals surface area (Å²) in [6, 6.07) is 12.4. The molecule has 0 aliphatic heterocycles. The van der Waals surface area contributed by atoms with Gasteiger partial charge in [-0.2, -0.15) is 0 Å². The van der Waals surface area contributed by atoms with Crippen LogP contribution >= 0.6 is 23.2 Å². The number of amides is 1. The van der Waals surface area contributed by atoms with Crippen LogP contribution in [0.15, 0.2) is 53.4 Å². The molecule has 27 heavy (non-hydrogen) atoms. The van der Waals surface area contributed by atoms with Crippen molar-refractivity contribution < 1.29 is 13.2 Å². The van der Waals surface area contributed by atoms with Crippen LogP contribution < -0.4 is 9.62 Å². The summed E-state index contributed by atoms with van der Waals surface area (Å²) >= 11 is 12.2. The Balaban J connectivity index is 2.48. The van der Waals surface area contributed by atoms with Gasteiger partial charge in [0.05, 0.1) is 15.6 Å². The summed E-state index contributed by atoms with van der Waals surface area (Å²) in [5.41, 5.74) is -0.266. The van der Waals surface area contributed by atoms with Crippen LogP contribution in [0.25, 0.3) is 0 Å². The average Bonchev–Trinajstić information content (AvgIpc) is 2.60. The van der Waals surface area contributed by atoms with E-state index in [0.29, 0.717) is 11.4 Å². The first-order chi connectivity index (χ1) is 12.6. The summed E-state index contributed by atoms with van der Waals surface area (Å²) in [6.45, 7) is 5.28. The lowest BCUT2D eigenvalue weighted by Gasteiger charge is -2.29.